The van der Waals surface area contributed by atoms with E-state index in [-0.39, 0.29) is 18.9 Å². The highest BCUT2D eigenvalue weighted by Gasteiger charge is 2.38. The molecule has 1 aliphatic heterocycles. The van der Waals surface area contributed by atoms with E-state index in [1.165, 1.54) is 16.1 Å². The number of carbonyl (C=O) groups excluding carboxylic acids is 1. The molecule has 0 bridgehead atoms. The molecule has 3 aromatic heterocycles. The molecule has 0 spiro atoms. The van der Waals surface area contributed by atoms with E-state index in [9.17, 15) is 14.4 Å². The third kappa shape index (κ3) is 1.96. The number of aromatic amines is 1. The Morgan fingerprint density at radius 1 is 1.25 bits per heavy atom. The maximum absolute atomic E-state index is 13.0. The minimum atomic E-state index is -0.881. The molecule has 4 rings (SSSR count). The van der Waals surface area contributed by atoms with Crippen LogP contribution in [0.25, 0.3) is 15.2 Å². The molecule has 1 fully saturated rings. The molecule has 0 aromatic carbocycles. The van der Waals surface area contributed by atoms with Crippen molar-refractivity contribution in [3.8, 4) is 5.00 Å². The molecule has 2 N–H and O–H groups in total. The summed E-state index contributed by atoms with van der Waals surface area (Å²) in [6, 6.07) is 0. The number of H-pyrrole nitrogens is 1. The molecule has 9 nitrogen and oxygen atoms in total. The summed E-state index contributed by atoms with van der Waals surface area (Å²) in [5.41, 5.74) is -1.11. The molecule has 10 heteroatoms. The van der Waals surface area contributed by atoms with Gasteiger partial charge in [-0.3, -0.25) is 19.1 Å². The van der Waals surface area contributed by atoms with Crippen LogP contribution < -0.4 is 16.6 Å². The molecule has 1 atom stereocenters. The van der Waals surface area contributed by atoms with E-state index in [0.29, 0.717) is 20.8 Å². The van der Waals surface area contributed by atoms with Crippen molar-refractivity contribution in [2.75, 3.05) is 6.54 Å². The zero-order chi connectivity index (χ0) is 17.1. The summed E-state index contributed by atoms with van der Waals surface area (Å²) in [5.74, 6) is -0.174. The number of nitrogens with one attached hydrogen (secondary N) is 2. The number of fused-ring (bicyclic) bond motifs is 1. The number of nitrogens with zero attached hydrogens (tertiary/aromatic N) is 4. The first-order valence-electron chi connectivity index (χ1n) is 7.33. The number of hydrogen-bond donors (Lipinski definition) is 2. The van der Waals surface area contributed by atoms with Crippen LogP contribution in [0.5, 0.6) is 0 Å². The highest BCUT2D eigenvalue weighted by Crippen LogP contribution is 2.29. The average Bonchev–Trinajstić information content (AvgIpc) is 3.20. The second kappa shape index (κ2) is 4.87. The van der Waals surface area contributed by atoms with Crippen LogP contribution in [0.2, 0.25) is 0 Å². The average molecular weight is 346 g/mol. The van der Waals surface area contributed by atoms with Gasteiger partial charge in [0.1, 0.15) is 9.83 Å². The van der Waals surface area contributed by atoms with Gasteiger partial charge < -0.3 is 5.32 Å². The topological polar surface area (TPSA) is 115 Å². The van der Waals surface area contributed by atoms with Crippen molar-refractivity contribution in [3.63, 3.8) is 0 Å². The van der Waals surface area contributed by atoms with Gasteiger partial charge in [0.25, 0.3) is 5.56 Å². The molecular formula is C14H14N6O3S. The molecule has 0 aliphatic carbocycles. The molecule has 4 heterocycles. The predicted molar refractivity (Wildman–Crippen MR) is 87.6 cm³/mol. The molecule has 1 unspecified atom stereocenters. The number of rotatable bonds is 2. The zero-order valence-electron chi connectivity index (χ0n) is 13.0. The van der Waals surface area contributed by atoms with E-state index in [1.807, 2.05) is 0 Å². The first-order valence-corrected chi connectivity index (χ1v) is 8.15. The van der Waals surface area contributed by atoms with E-state index in [1.54, 1.807) is 26.2 Å². The second-order valence-corrected chi connectivity index (χ2v) is 7.08. The van der Waals surface area contributed by atoms with Crippen molar-refractivity contribution in [1.82, 2.24) is 29.9 Å². The number of amides is 1. The molecule has 0 saturated carbocycles. The van der Waals surface area contributed by atoms with Gasteiger partial charge in [-0.25, -0.2) is 4.79 Å². The minimum absolute atomic E-state index is 0.0955. The summed E-state index contributed by atoms with van der Waals surface area (Å²) < 4.78 is 1.15. The first kappa shape index (κ1) is 14.8. The zero-order valence-corrected chi connectivity index (χ0v) is 13.8. The van der Waals surface area contributed by atoms with Crippen LogP contribution in [0.15, 0.2) is 22.0 Å². The summed E-state index contributed by atoms with van der Waals surface area (Å²) in [7, 11) is 0. The van der Waals surface area contributed by atoms with Crippen molar-refractivity contribution in [1.29, 1.82) is 0 Å². The Morgan fingerprint density at radius 3 is 2.58 bits per heavy atom. The van der Waals surface area contributed by atoms with E-state index in [2.05, 4.69) is 20.5 Å². The molecule has 124 valence electrons. The Balaban J connectivity index is 2.02. The maximum Gasteiger partial charge on any atom is 0.330 e. The van der Waals surface area contributed by atoms with E-state index in [4.69, 9.17) is 0 Å². The van der Waals surface area contributed by atoms with E-state index < -0.39 is 16.8 Å². The van der Waals surface area contributed by atoms with Crippen LogP contribution in [-0.4, -0.2) is 37.0 Å². The van der Waals surface area contributed by atoms with Gasteiger partial charge in [-0.15, -0.1) is 4.80 Å². The summed E-state index contributed by atoms with van der Waals surface area (Å²) in [5, 5.41) is 11.9. The van der Waals surface area contributed by atoms with Gasteiger partial charge in [-0.05, 0) is 13.8 Å². The minimum Gasteiger partial charge on any atom is -0.354 e. The van der Waals surface area contributed by atoms with Gasteiger partial charge in [0.2, 0.25) is 5.91 Å². The highest BCUT2D eigenvalue weighted by molar-refractivity contribution is 7.21. The molecule has 3 aromatic rings. The second-order valence-electron chi connectivity index (χ2n) is 6.08. The number of thiophene rings is 1. The van der Waals surface area contributed by atoms with Gasteiger partial charge >= 0.3 is 5.69 Å². The Hall–Kier alpha value is -2.75. The first-order chi connectivity index (χ1) is 11.4. The Morgan fingerprint density at radius 2 is 1.96 bits per heavy atom. The van der Waals surface area contributed by atoms with Gasteiger partial charge in [0.15, 0.2) is 0 Å². The number of aryl methyl sites for hydroxylation is 1. The van der Waals surface area contributed by atoms with Crippen LogP contribution in [0.4, 0.5) is 0 Å². The molecule has 1 amide bonds. The van der Waals surface area contributed by atoms with Crippen molar-refractivity contribution < 1.29 is 4.79 Å². The number of aromatic nitrogens is 5. The van der Waals surface area contributed by atoms with Crippen LogP contribution in [0.3, 0.4) is 0 Å². The van der Waals surface area contributed by atoms with Crippen molar-refractivity contribution in [3.05, 3.63) is 38.8 Å². The summed E-state index contributed by atoms with van der Waals surface area (Å²) in [6.07, 6.45) is 3.18. The lowest BCUT2D eigenvalue weighted by Gasteiger charge is -2.23. The molecule has 1 aliphatic rings. The predicted octanol–water partition coefficient (Wildman–Crippen LogP) is -0.124. The maximum atomic E-state index is 13.0. The van der Waals surface area contributed by atoms with Gasteiger partial charge in [0, 0.05) is 12.1 Å². The van der Waals surface area contributed by atoms with Gasteiger partial charge in [-0.1, -0.05) is 11.3 Å². The third-order valence-corrected chi connectivity index (χ3v) is 5.48. The Bertz CT molecular complexity index is 1080. The van der Waals surface area contributed by atoms with E-state index >= 15 is 0 Å². The van der Waals surface area contributed by atoms with Crippen molar-refractivity contribution in [2.45, 2.75) is 25.8 Å². The fourth-order valence-electron chi connectivity index (χ4n) is 3.12. The molecule has 24 heavy (non-hydrogen) atoms. The van der Waals surface area contributed by atoms with Crippen LogP contribution in [0.1, 0.15) is 18.9 Å². The monoisotopic (exact) mass is 346 g/mol. The van der Waals surface area contributed by atoms with Crippen LogP contribution >= 0.6 is 11.3 Å². The van der Waals surface area contributed by atoms with Gasteiger partial charge in [0.05, 0.1) is 29.7 Å². The lowest BCUT2D eigenvalue weighted by molar-refractivity contribution is -0.119. The fraction of sp³-hybridized carbons (Fsp3) is 0.357. The van der Waals surface area contributed by atoms with Crippen LogP contribution in [-0.2, 0) is 10.3 Å². The van der Waals surface area contributed by atoms with Crippen molar-refractivity contribution >= 4 is 27.5 Å². The van der Waals surface area contributed by atoms with Gasteiger partial charge in [-0.2, -0.15) is 10.2 Å². The molecular weight excluding hydrogens is 332 g/mol. The quantitative estimate of drug-likeness (QED) is 0.671. The number of hydrogen-bond acceptors (Lipinski definition) is 6. The fourth-order valence-corrected chi connectivity index (χ4v) is 4.23. The molecule has 0 radical (unpaired) electrons. The number of carbonyl (C=O) groups is 1. The Labute approximate surface area is 138 Å². The third-order valence-electron chi connectivity index (χ3n) is 4.31. The van der Waals surface area contributed by atoms with Crippen molar-refractivity contribution in [2.24, 2.45) is 0 Å². The summed E-state index contributed by atoms with van der Waals surface area (Å²) in [4.78, 5) is 41.8. The Kier molecular flexibility index (Phi) is 3.01. The standard InChI is InChI=1S/C14H14N6O3S/c1-7-9-10(24-12(7)20-16-3-4-17-20)18-13(23)19(11(9)22)14(2)5-8(21)15-6-14/h3-4H,5-6H2,1-2H3,(H,15,21)(H,18,23). The molecule has 1 saturated heterocycles. The van der Waals surface area contributed by atoms with E-state index in [0.717, 1.165) is 4.57 Å². The SMILES string of the molecule is Cc1c(-n2nccn2)sc2[nH]c(=O)n(C3(C)CNC(=O)C3)c(=O)c12. The summed E-state index contributed by atoms with van der Waals surface area (Å²) in [6.45, 7) is 3.77. The highest BCUT2D eigenvalue weighted by atomic mass is 32.1. The lowest BCUT2D eigenvalue weighted by atomic mass is 10.0. The smallest absolute Gasteiger partial charge is 0.330 e. The summed E-state index contributed by atoms with van der Waals surface area (Å²) >= 11 is 1.25. The normalized spacial score (nSPS) is 20.7. The lowest BCUT2D eigenvalue weighted by Crippen LogP contribution is -2.48. The largest absolute Gasteiger partial charge is 0.354 e. The van der Waals surface area contributed by atoms with Crippen LogP contribution in [0, 0.1) is 6.92 Å².